The third-order valence-electron chi connectivity index (χ3n) is 6.15. The van der Waals surface area contributed by atoms with Crippen LogP contribution in [0.15, 0.2) is 77.7 Å². The van der Waals surface area contributed by atoms with Crippen molar-refractivity contribution in [3.05, 3.63) is 89.0 Å². The minimum absolute atomic E-state index is 0.0325. The van der Waals surface area contributed by atoms with Crippen LogP contribution in [0.25, 0.3) is 6.08 Å². The zero-order chi connectivity index (χ0) is 28.3. The zero-order valence-electron chi connectivity index (χ0n) is 22.7. The van der Waals surface area contributed by atoms with Crippen molar-refractivity contribution >= 4 is 39.3 Å². The van der Waals surface area contributed by atoms with E-state index in [9.17, 15) is 13.2 Å². The molecule has 0 spiro atoms. The molecule has 39 heavy (non-hydrogen) atoms. The average molecular weight is 570 g/mol. The second-order valence-corrected chi connectivity index (χ2v) is 11.4. The van der Waals surface area contributed by atoms with Crippen LogP contribution in [0.5, 0.6) is 11.5 Å². The molecular weight excluding hydrogens is 534 g/mol. The van der Waals surface area contributed by atoms with Gasteiger partial charge in [-0.05, 0) is 85.0 Å². The molecule has 0 aliphatic carbocycles. The summed E-state index contributed by atoms with van der Waals surface area (Å²) in [6.45, 7) is 4.84. The van der Waals surface area contributed by atoms with Crippen LogP contribution in [0.4, 0.5) is 5.69 Å². The van der Waals surface area contributed by atoms with Crippen LogP contribution in [0.1, 0.15) is 57.1 Å². The van der Waals surface area contributed by atoms with Gasteiger partial charge in [0.2, 0.25) is 0 Å². The second kappa shape index (κ2) is 14.8. The monoisotopic (exact) mass is 569 g/mol. The normalized spacial score (nSPS) is 11.5. The highest BCUT2D eigenvalue weighted by molar-refractivity contribution is 7.93. The van der Waals surface area contributed by atoms with E-state index < -0.39 is 15.9 Å². The number of methoxy groups -OCH3 is 1. The molecule has 0 saturated carbocycles. The van der Waals surface area contributed by atoms with Crippen molar-refractivity contribution in [3.63, 3.8) is 0 Å². The summed E-state index contributed by atoms with van der Waals surface area (Å²) >= 11 is 5.97. The molecule has 0 aliphatic heterocycles. The van der Waals surface area contributed by atoms with E-state index in [1.165, 1.54) is 30.3 Å². The molecule has 0 fully saturated rings. The summed E-state index contributed by atoms with van der Waals surface area (Å²) in [4.78, 5) is 13.4. The molecule has 0 aromatic heterocycles. The van der Waals surface area contributed by atoms with Crippen LogP contribution in [0.2, 0.25) is 5.02 Å². The SMILES string of the molecule is CCCCCOc1ccc(/C=C/C(=O)N(c2ccc(CCCC)cc2)S(=O)(=O)c2ccc(Cl)cc2)cc1OC. The lowest BCUT2D eigenvalue weighted by Gasteiger charge is -2.22. The average Bonchev–Trinajstić information content (AvgIpc) is 2.94. The fourth-order valence-electron chi connectivity index (χ4n) is 3.95. The van der Waals surface area contributed by atoms with Crippen molar-refractivity contribution in [2.75, 3.05) is 18.0 Å². The van der Waals surface area contributed by atoms with E-state index in [1.807, 2.05) is 12.1 Å². The predicted octanol–water partition coefficient (Wildman–Crippen LogP) is 7.70. The van der Waals surface area contributed by atoms with E-state index in [0.29, 0.717) is 28.7 Å². The molecule has 0 radical (unpaired) electrons. The predicted molar refractivity (Wildman–Crippen MR) is 158 cm³/mol. The Kier molecular flexibility index (Phi) is 11.4. The van der Waals surface area contributed by atoms with Crippen LogP contribution < -0.4 is 13.8 Å². The highest BCUT2D eigenvalue weighted by Gasteiger charge is 2.29. The van der Waals surface area contributed by atoms with E-state index in [2.05, 4.69) is 13.8 Å². The maximum Gasteiger partial charge on any atom is 0.271 e. The fraction of sp³-hybridized carbons (Fsp3) is 0.323. The van der Waals surface area contributed by atoms with E-state index in [-0.39, 0.29) is 10.6 Å². The maximum absolute atomic E-state index is 13.6. The van der Waals surface area contributed by atoms with Crippen molar-refractivity contribution in [2.45, 2.75) is 57.3 Å². The Morgan fingerprint density at radius 1 is 0.897 bits per heavy atom. The summed E-state index contributed by atoms with van der Waals surface area (Å²) in [7, 11) is -2.66. The van der Waals surface area contributed by atoms with Gasteiger partial charge < -0.3 is 9.47 Å². The summed E-state index contributed by atoms with van der Waals surface area (Å²) in [5.41, 5.74) is 2.00. The van der Waals surface area contributed by atoms with Gasteiger partial charge in [-0.25, -0.2) is 8.42 Å². The molecule has 0 bridgehead atoms. The van der Waals surface area contributed by atoms with Gasteiger partial charge in [-0.1, -0.05) is 62.9 Å². The number of halogens is 1. The first-order valence-electron chi connectivity index (χ1n) is 13.2. The summed E-state index contributed by atoms with van der Waals surface area (Å²) in [6, 6.07) is 18.1. The number of rotatable bonds is 14. The molecule has 0 heterocycles. The Balaban J connectivity index is 1.90. The first-order chi connectivity index (χ1) is 18.8. The first kappa shape index (κ1) is 30.3. The lowest BCUT2D eigenvalue weighted by molar-refractivity contribution is -0.113. The summed E-state index contributed by atoms with van der Waals surface area (Å²) in [6.07, 6.45) is 8.91. The Labute approximate surface area is 237 Å². The van der Waals surface area contributed by atoms with Crippen molar-refractivity contribution in [1.29, 1.82) is 0 Å². The summed E-state index contributed by atoms with van der Waals surface area (Å²) < 4.78 is 39.4. The number of sulfonamides is 1. The molecule has 0 aliphatic rings. The highest BCUT2D eigenvalue weighted by atomic mass is 35.5. The van der Waals surface area contributed by atoms with Gasteiger partial charge in [0.15, 0.2) is 11.5 Å². The highest BCUT2D eigenvalue weighted by Crippen LogP contribution is 2.30. The van der Waals surface area contributed by atoms with Crippen LogP contribution in [0, 0.1) is 0 Å². The molecule has 3 aromatic carbocycles. The quantitative estimate of drug-likeness (QED) is 0.147. The number of nitrogens with zero attached hydrogens (tertiary/aromatic N) is 1. The largest absolute Gasteiger partial charge is 0.493 e. The third-order valence-corrected chi connectivity index (χ3v) is 8.14. The van der Waals surface area contributed by atoms with Crippen molar-refractivity contribution < 1.29 is 22.7 Å². The number of hydrogen-bond donors (Lipinski definition) is 0. The van der Waals surface area contributed by atoms with E-state index in [4.69, 9.17) is 21.1 Å². The third kappa shape index (κ3) is 8.35. The fourth-order valence-corrected chi connectivity index (χ4v) is 5.47. The van der Waals surface area contributed by atoms with Gasteiger partial charge in [-0.15, -0.1) is 0 Å². The van der Waals surface area contributed by atoms with Crippen molar-refractivity contribution in [2.24, 2.45) is 0 Å². The topological polar surface area (TPSA) is 72.9 Å². The standard InChI is InChI=1S/C31H36ClNO5S/c1-4-6-8-22-38-29-20-12-25(23-30(29)37-3)13-21-31(34)33(27-16-10-24(11-17-27)9-7-5-2)39(35,36)28-18-14-26(32)15-19-28/h10-21,23H,4-9,22H2,1-3H3/b21-13+. The van der Waals surface area contributed by atoms with Crippen molar-refractivity contribution in [3.8, 4) is 11.5 Å². The lowest BCUT2D eigenvalue weighted by Crippen LogP contribution is -2.35. The molecule has 0 unspecified atom stereocenters. The smallest absolute Gasteiger partial charge is 0.271 e. The number of benzene rings is 3. The maximum atomic E-state index is 13.6. The van der Waals surface area contributed by atoms with Crippen LogP contribution >= 0.6 is 11.6 Å². The Morgan fingerprint density at radius 3 is 2.23 bits per heavy atom. The summed E-state index contributed by atoms with van der Waals surface area (Å²) in [5, 5.41) is 0.402. The molecule has 3 rings (SSSR count). The van der Waals surface area contributed by atoms with E-state index in [1.54, 1.807) is 43.5 Å². The van der Waals surface area contributed by atoms with Crippen LogP contribution in [-0.4, -0.2) is 28.0 Å². The number of anilines is 1. The van der Waals surface area contributed by atoms with Gasteiger partial charge in [0.1, 0.15) is 0 Å². The number of ether oxygens (including phenoxy) is 2. The minimum atomic E-state index is -4.21. The Morgan fingerprint density at radius 2 is 1.59 bits per heavy atom. The number of carbonyl (C=O) groups is 1. The Hall–Kier alpha value is -3.29. The number of carbonyl (C=O) groups excluding carboxylic acids is 1. The second-order valence-electron chi connectivity index (χ2n) is 9.13. The molecule has 6 nitrogen and oxygen atoms in total. The van der Waals surface area contributed by atoms with Gasteiger partial charge in [-0.3, -0.25) is 4.79 Å². The van der Waals surface area contributed by atoms with Gasteiger partial charge in [-0.2, -0.15) is 4.31 Å². The number of amides is 1. The van der Waals surface area contributed by atoms with Crippen LogP contribution in [-0.2, 0) is 21.2 Å². The first-order valence-corrected chi connectivity index (χ1v) is 15.0. The van der Waals surface area contributed by atoms with Gasteiger partial charge in [0, 0.05) is 11.1 Å². The van der Waals surface area contributed by atoms with Gasteiger partial charge in [0.25, 0.3) is 15.9 Å². The zero-order valence-corrected chi connectivity index (χ0v) is 24.3. The molecule has 0 saturated heterocycles. The van der Waals surface area contributed by atoms with Gasteiger partial charge in [0.05, 0.1) is 24.3 Å². The van der Waals surface area contributed by atoms with Crippen LogP contribution in [0.3, 0.4) is 0 Å². The summed E-state index contributed by atoms with van der Waals surface area (Å²) in [5.74, 6) is 0.451. The molecule has 0 atom stereocenters. The number of hydrogen-bond acceptors (Lipinski definition) is 5. The molecule has 208 valence electrons. The lowest BCUT2D eigenvalue weighted by atomic mass is 10.1. The number of unbranched alkanes of at least 4 members (excludes halogenated alkanes) is 3. The molecular formula is C31H36ClNO5S. The minimum Gasteiger partial charge on any atom is -0.493 e. The molecule has 3 aromatic rings. The number of aryl methyl sites for hydroxylation is 1. The molecule has 0 N–H and O–H groups in total. The molecule has 8 heteroatoms. The van der Waals surface area contributed by atoms with E-state index in [0.717, 1.165) is 48.4 Å². The van der Waals surface area contributed by atoms with Gasteiger partial charge >= 0.3 is 0 Å². The van der Waals surface area contributed by atoms with Crippen molar-refractivity contribution in [1.82, 2.24) is 0 Å². The Bertz CT molecular complexity index is 1350. The van der Waals surface area contributed by atoms with E-state index >= 15 is 0 Å². The molecule has 1 amide bonds.